The number of phenols is 1. The summed E-state index contributed by atoms with van der Waals surface area (Å²) >= 11 is 0. The van der Waals surface area contributed by atoms with Crippen molar-refractivity contribution in [1.82, 2.24) is 5.32 Å². The molecular weight excluding hydrogens is 262 g/mol. The molecule has 116 valence electrons. The molecule has 0 heterocycles. The molecule has 2 unspecified atom stereocenters. The molecule has 2 aliphatic rings. The minimum absolute atomic E-state index is 0.350. The van der Waals surface area contributed by atoms with E-state index >= 15 is 0 Å². The van der Waals surface area contributed by atoms with Gasteiger partial charge in [-0.3, -0.25) is 0 Å². The smallest absolute Gasteiger partial charge is 0.115 e. The first-order valence-electron chi connectivity index (χ1n) is 8.37. The zero-order valence-electron chi connectivity index (χ0n) is 13.0. The third-order valence-electron chi connectivity index (χ3n) is 5.40. The molecule has 1 aromatic carbocycles. The summed E-state index contributed by atoms with van der Waals surface area (Å²) in [6.45, 7) is 3.76. The highest BCUT2D eigenvalue weighted by atomic mass is 16.5. The second-order valence-corrected chi connectivity index (χ2v) is 6.58. The highest BCUT2D eigenvalue weighted by Gasteiger charge is 2.55. The Bertz CT molecular complexity index is 468. The summed E-state index contributed by atoms with van der Waals surface area (Å²) in [7, 11) is 0. The quantitative estimate of drug-likeness (QED) is 0.870. The Labute approximate surface area is 127 Å². The number of aromatic hydroxyl groups is 1. The zero-order valence-corrected chi connectivity index (χ0v) is 13.0. The summed E-state index contributed by atoms with van der Waals surface area (Å²) in [5, 5.41) is 13.3. The van der Waals surface area contributed by atoms with Crippen LogP contribution in [0.25, 0.3) is 0 Å². The van der Waals surface area contributed by atoms with Gasteiger partial charge in [-0.15, -0.1) is 0 Å². The lowest BCUT2D eigenvalue weighted by Crippen LogP contribution is -2.64. The molecular formula is C18H27NO2. The first kappa shape index (κ1) is 14.9. The largest absolute Gasteiger partial charge is 0.508 e. The van der Waals surface area contributed by atoms with E-state index < -0.39 is 0 Å². The summed E-state index contributed by atoms with van der Waals surface area (Å²) in [4.78, 5) is 0. The maximum absolute atomic E-state index is 9.56. The summed E-state index contributed by atoms with van der Waals surface area (Å²) in [6.07, 6.45) is 8.24. The summed E-state index contributed by atoms with van der Waals surface area (Å²) < 4.78 is 5.99. The average molecular weight is 289 g/mol. The van der Waals surface area contributed by atoms with Gasteiger partial charge in [0.1, 0.15) is 5.75 Å². The van der Waals surface area contributed by atoms with E-state index in [0.717, 1.165) is 25.1 Å². The number of benzene rings is 1. The SMILES string of the molecule is CCOC1CC(NCc2cccc(O)c2)C12CCCCC2. The summed E-state index contributed by atoms with van der Waals surface area (Å²) in [5.41, 5.74) is 1.52. The van der Waals surface area contributed by atoms with Crippen molar-refractivity contribution in [3.8, 4) is 5.75 Å². The number of phenolic OH excluding ortho intramolecular Hbond substituents is 1. The minimum atomic E-state index is 0.350. The molecule has 1 aromatic rings. The molecule has 0 aromatic heterocycles. The van der Waals surface area contributed by atoms with Gasteiger partial charge in [-0.2, -0.15) is 0 Å². The van der Waals surface area contributed by atoms with E-state index in [0.29, 0.717) is 23.3 Å². The van der Waals surface area contributed by atoms with Gasteiger partial charge < -0.3 is 15.2 Å². The lowest BCUT2D eigenvalue weighted by Gasteiger charge is -2.58. The number of hydrogen-bond donors (Lipinski definition) is 2. The average Bonchev–Trinajstić information content (AvgIpc) is 2.51. The molecule has 0 bridgehead atoms. The van der Waals surface area contributed by atoms with Gasteiger partial charge in [0.05, 0.1) is 6.10 Å². The van der Waals surface area contributed by atoms with Crippen LogP contribution in [0.4, 0.5) is 0 Å². The van der Waals surface area contributed by atoms with Gasteiger partial charge in [-0.25, -0.2) is 0 Å². The molecule has 2 saturated carbocycles. The van der Waals surface area contributed by atoms with Crippen LogP contribution in [0.15, 0.2) is 24.3 Å². The number of ether oxygens (including phenoxy) is 1. The molecule has 3 heteroatoms. The van der Waals surface area contributed by atoms with E-state index in [1.165, 1.54) is 32.1 Å². The fraction of sp³-hybridized carbons (Fsp3) is 0.667. The highest BCUT2D eigenvalue weighted by Crippen LogP contribution is 2.53. The Morgan fingerprint density at radius 2 is 2.10 bits per heavy atom. The van der Waals surface area contributed by atoms with Crippen molar-refractivity contribution in [1.29, 1.82) is 0 Å². The molecule has 0 saturated heterocycles. The first-order chi connectivity index (χ1) is 10.2. The summed E-state index contributed by atoms with van der Waals surface area (Å²) in [6, 6.07) is 8.11. The van der Waals surface area contributed by atoms with Gasteiger partial charge in [-0.1, -0.05) is 31.4 Å². The second kappa shape index (κ2) is 6.37. The number of hydrogen-bond acceptors (Lipinski definition) is 3. The van der Waals surface area contributed by atoms with Gasteiger partial charge in [-0.05, 0) is 43.9 Å². The van der Waals surface area contributed by atoms with Crippen molar-refractivity contribution in [2.45, 2.75) is 64.1 Å². The normalized spacial score (nSPS) is 27.5. The molecule has 3 nitrogen and oxygen atoms in total. The monoisotopic (exact) mass is 289 g/mol. The molecule has 0 amide bonds. The van der Waals surface area contributed by atoms with E-state index in [1.54, 1.807) is 6.07 Å². The Hall–Kier alpha value is -1.06. The van der Waals surface area contributed by atoms with Crippen LogP contribution in [0.3, 0.4) is 0 Å². The van der Waals surface area contributed by atoms with Crippen molar-refractivity contribution in [2.75, 3.05) is 6.61 Å². The molecule has 2 atom stereocenters. The maximum Gasteiger partial charge on any atom is 0.115 e. The van der Waals surface area contributed by atoms with Gasteiger partial charge >= 0.3 is 0 Å². The van der Waals surface area contributed by atoms with Crippen LogP contribution < -0.4 is 5.32 Å². The van der Waals surface area contributed by atoms with E-state index in [2.05, 4.69) is 18.3 Å². The molecule has 2 N–H and O–H groups in total. The lowest BCUT2D eigenvalue weighted by atomic mass is 9.55. The van der Waals surface area contributed by atoms with Crippen LogP contribution in [0, 0.1) is 5.41 Å². The van der Waals surface area contributed by atoms with E-state index in [-0.39, 0.29) is 0 Å². The standard InChI is InChI=1S/C18H27NO2/c1-2-21-17-12-16(18(17)9-4-3-5-10-18)19-13-14-7-6-8-15(20)11-14/h6-8,11,16-17,19-20H,2-5,9-10,12-13H2,1H3. The molecule has 2 fully saturated rings. The van der Waals surface area contributed by atoms with Crippen LogP contribution in [-0.2, 0) is 11.3 Å². The predicted octanol–water partition coefficient (Wildman–Crippen LogP) is 3.61. The Kier molecular flexibility index (Phi) is 4.51. The van der Waals surface area contributed by atoms with Crippen molar-refractivity contribution in [3.05, 3.63) is 29.8 Å². The molecule has 21 heavy (non-hydrogen) atoms. The van der Waals surface area contributed by atoms with Gasteiger partial charge in [0.15, 0.2) is 0 Å². The van der Waals surface area contributed by atoms with Crippen LogP contribution in [0.2, 0.25) is 0 Å². The van der Waals surface area contributed by atoms with Gasteiger partial charge in [0.25, 0.3) is 0 Å². The second-order valence-electron chi connectivity index (χ2n) is 6.58. The fourth-order valence-electron chi connectivity index (χ4n) is 4.26. The molecule has 0 aliphatic heterocycles. The first-order valence-corrected chi connectivity index (χ1v) is 8.37. The van der Waals surface area contributed by atoms with Crippen LogP contribution in [0.5, 0.6) is 5.75 Å². The molecule has 2 aliphatic carbocycles. The molecule has 3 rings (SSSR count). The van der Waals surface area contributed by atoms with E-state index in [9.17, 15) is 5.11 Å². The Morgan fingerprint density at radius 3 is 2.81 bits per heavy atom. The van der Waals surface area contributed by atoms with Crippen molar-refractivity contribution in [2.24, 2.45) is 5.41 Å². The summed E-state index contributed by atoms with van der Waals surface area (Å²) in [5.74, 6) is 0.350. The van der Waals surface area contributed by atoms with Crippen LogP contribution in [0.1, 0.15) is 51.0 Å². The highest BCUT2D eigenvalue weighted by molar-refractivity contribution is 5.27. The Morgan fingerprint density at radius 1 is 1.29 bits per heavy atom. The lowest BCUT2D eigenvalue weighted by molar-refractivity contribution is -0.150. The zero-order chi connectivity index (χ0) is 14.7. The van der Waals surface area contributed by atoms with Crippen molar-refractivity contribution < 1.29 is 9.84 Å². The van der Waals surface area contributed by atoms with Crippen molar-refractivity contribution in [3.63, 3.8) is 0 Å². The molecule has 1 spiro atoms. The Balaban J connectivity index is 1.62. The topological polar surface area (TPSA) is 41.5 Å². The maximum atomic E-state index is 9.56. The third kappa shape index (κ3) is 2.95. The van der Waals surface area contributed by atoms with E-state index in [4.69, 9.17) is 4.74 Å². The van der Waals surface area contributed by atoms with E-state index in [1.807, 2.05) is 12.1 Å². The number of nitrogens with one attached hydrogen (secondary N) is 1. The van der Waals surface area contributed by atoms with Gasteiger partial charge in [0.2, 0.25) is 0 Å². The van der Waals surface area contributed by atoms with Crippen molar-refractivity contribution >= 4 is 0 Å². The molecule has 0 radical (unpaired) electrons. The fourth-order valence-corrected chi connectivity index (χ4v) is 4.26. The minimum Gasteiger partial charge on any atom is -0.508 e. The third-order valence-corrected chi connectivity index (χ3v) is 5.40. The van der Waals surface area contributed by atoms with Crippen LogP contribution >= 0.6 is 0 Å². The van der Waals surface area contributed by atoms with Crippen LogP contribution in [-0.4, -0.2) is 23.9 Å². The van der Waals surface area contributed by atoms with Gasteiger partial charge in [0, 0.05) is 24.6 Å². The number of rotatable bonds is 5. The predicted molar refractivity (Wildman–Crippen MR) is 84.3 cm³/mol.